The number of carbonyl (C=O) groups excluding carboxylic acids is 1. The Morgan fingerprint density at radius 2 is 2.13 bits per heavy atom. The number of nitrogens with zero attached hydrogens (tertiary/aromatic N) is 1. The molecule has 0 aromatic heterocycles. The van der Waals surface area contributed by atoms with Gasteiger partial charge in [-0.3, -0.25) is 4.90 Å². The fourth-order valence-electron chi connectivity index (χ4n) is 3.59. The van der Waals surface area contributed by atoms with Gasteiger partial charge in [0.05, 0.1) is 13.2 Å². The van der Waals surface area contributed by atoms with Crippen LogP contribution in [-0.2, 0) is 0 Å². The highest BCUT2D eigenvalue weighted by molar-refractivity contribution is 5.74. The van der Waals surface area contributed by atoms with Crippen molar-refractivity contribution >= 4 is 6.03 Å². The van der Waals surface area contributed by atoms with Crippen LogP contribution in [0, 0.1) is 11.3 Å². The molecule has 2 rings (SSSR count). The zero-order chi connectivity index (χ0) is 17.1. The predicted molar refractivity (Wildman–Crippen MR) is 80.0 cm³/mol. The molecule has 1 saturated heterocycles. The van der Waals surface area contributed by atoms with Gasteiger partial charge in [-0.1, -0.05) is 13.3 Å². The summed E-state index contributed by atoms with van der Waals surface area (Å²) >= 11 is 0. The SMILES string of the molecule is CC1(CO)CCCC1NC(=O)NCC1CCN(CC(F)(F)F)C1. The molecule has 134 valence electrons. The van der Waals surface area contributed by atoms with E-state index < -0.39 is 12.7 Å². The third-order valence-corrected chi connectivity index (χ3v) is 5.07. The number of aliphatic hydroxyl groups is 1. The van der Waals surface area contributed by atoms with Crippen molar-refractivity contribution < 1.29 is 23.1 Å². The molecule has 1 aliphatic heterocycles. The molecule has 3 unspecified atom stereocenters. The third kappa shape index (κ3) is 5.24. The van der Waals surface area contributed by atoms with Crippen LogP contribution in [0.5, 0.6) is 0 Å². The molecule has 2 amide bonds. The van der Waals surface area contributed by atoms with Gasteiger partial charge in [0.1, 0.15) is 0 Å². The number of hydrogen-bond donors (Lipinski definition) is 3. The molecule has 0 aromatic carbocycles. The molecule has 1 saturated carbocycles. The van der Waals surface area contributed by atoms with Crippen molar-refractivity contribution in [2.24, 2.45) is 11.3 Å². The standard InChI is InChI=1S/C15H26F3N3O2/c1-14(10-22)5-2-3-12(14)20-13(23)19-7-11-4-6-21(8-11)9-15(16,17)18/h11-12,22H,2-10H2,1H3,(H2,19,20,23). The number of hydrogen-bond acceptors (Lipinski definition) is 3. The molecular formula is C15H26F3N3O2. The zero-order valence-corrected chi connectivity index (χ0v) is 13.5. The number of rotatable bonds is 5. The van der Waals surface area contributed by atoms with E-state index in [4.69, 9.17) is 0 Å². The second-order valence-electron chi connectivity index (χ2n) is 7.12. The van der Waals surface area contributed by atoms with Gasteiger partial charge in [-0.15, -0.1) is 0 Å². The summed E-state index contributed by atoms with van der Waals surface area (Å²) in [4.78, 5) is 13.4. The molecule has 0 spiro atoms. The van der Waals surface area contributed by atoms with Crippen LogP contribution in [0.25, 0.3) is 0 Å². The van der Waals surface area contributed by atoms with E-state index in [1.807, 2.05) is 6.92 Å². The van der Waals surface area contributed by atoms with Gasteiger partial charge in [0.25, 0.3) is 0 Å². The summed E-state index contributed by atoms with van der Waals surface area (Å²) in [6.07, 6.45) is -0.821. The first-order valence-electron chi connectivity index (χ1n) is 8.16. The highest BCUT2D eigenvalue weighted by Gasteiger charge is 2.39. The van der Waals surface area contributed by atoms with Gasteiger partial charge in [0.2, 0.25) is 0 Å². The first-order valence-corrected chi connectivity index (χ1v) is 8.16. The third-order valence-electron chi connectivity index (χ3n) is 5.07. The van der Waals surface area contributed by atoms with Crippen molar-refractivity contribution in [3.8, 4) is 0 Å². The number of amides is 2. The Morgan fingerprint density at radius 1 is 1.39 bits per heavy atom. The molecule has 5 nitrogen and oxygen atoms in total. The van der Waals surface area contributed by atoms with Crippen LogP contribution in [0.2, 0.25) is 0 Å². The highest BCUT2D eigenvalue weighted by Crippen LogP contribution is 2.37. The fourth-order valence-corrected chi connectivity index (χ4v) is 3.59. The van der Waals surface area contributed by atoms with Crippen LogP contribution in [0.4, 0.5) is 18.0 Å². The van der Waals surface area contributed by atoms with Gasteiger partial charge in [0.15, 0.2) is 0 Å². The van der Waals surface area contributed by atoms with Crippen LogP contribution in [0.15, 0.2) is 0 Å². The van der Waals surface area contributed by atoms with Gasteiger partial charge >= 0.3 is 12.2 Å². The lowest BCUT2D eigenvalue weighted by atomic mass is 9.86. The fraction of sp³-hybridized carbons (Fsp3) is 0.933. The number of nitrogens with one attached hydrogen (secondary N) is 2. The Bertz CT molecular complexity index is 419. The highest BCUT2D eigenvalue weighted by atomic mass is 19.4. The average Bonchev–Trinajstić information content (AvgIpc) is 3.03. The van der Waals surface area contributed by atoms with Crippen LogP contribution >= 0.6 is 0 Å². The van der Waals surface area contributed by atoms with Crippen LogP contribution < -0.4 is 10.6 Å². The molecule has 3 atom stereocenters. The smallest absolute Gasteiger partial charge is 0.396 e. The predicted octanol–water partition coefficient (Wildman–Crippen LogP) is 1.72. The first kappa shape index (κ1) is 18.3. The summed E-state index contributed by atoms with van der Waals surface area (Å²) in [6, 6.07) is -0.358. The summed E-state index contributed by atoms with van der Waals surface area (Å²) in [5.41, 5.74) is -0.284. The average molecular weight is 337 g/mol. The lowest BCUT2D eigenvalue weighted by Crippen LogP contribution is -2.49. The maximum Gasteiger partial charge on any atom is 0.401 e. The van der Waals surface area contributed by atoms with Crippen molar-refractivity contribution in [3.05, 3.63) is 0 Å². The Morgan fingerprint density at radius 3 is 2.78 bits per heavy atom. The summed E-state index contributed by atoms with van der Waals surface area (Å²) in [5, 5.41) is 15.1. The number of aliphatic hydroxyl groups excluding tert-OH is 1. The molecule has 2 aliphatic rings. The topological polar surface area (TPSA) is 64.6 Å². The Balaban J connectivity index is 1.69. The molecule has 1 heterocycles. The number of likely N-dealkylation sites (tertiary alicyclic amines) is 1. The molecule has 23 heavy (non-hydrogen) atoms. The molecule has 8 heteroatoms. The summed E-state index contributed by atoms with van der Waals surface area (Å²) in [5.74, 6) is 0.0518. The van der Waals surface area contributed by atoms with Crippen molar-refractivity contribution in [2.75, 3.05) is 32.8 Å². The molecule has 0 aromatic rings. The Labute approximate surface area is 134 Å². The quantitative estimate of drug-likeness (QED) is 0.716. The van der Waals surface area contributed by atoms with Gasteiger partial charge in [-0.25, -0.2) is 4.79 Å². The zero-order valence-electron chi connectivity index (χ0n) is 13.5. The second-order valence-corrected chi connectivity index (χ2v) is 7.12. The summed E-state index contributed by atoms with van der Waals surface area (Å²) < 4.78 is 37.0. The van der Waals surface area contributed by atoms with Crippen molar-refractivity contribution in [2.45, 2.75) is 44.8 Å². The van der Waals surface area contributed by atoms with Gasteiger partial charge in [-0.2, -0.15) is 13.2 Å². The van der Waals surface area contributed by atoms with E-state index >= 15 is 0 Å². The molecule has 3 N–H and O–H groups in total. The minimum absolute atomic E-state index is 0.0347. The van der Waals surface area contributed by atoms with Crippen LogP contribution in [0.1, 0.15) is 32.6 Å². The van der Waals surface area contributed by atoms with E-state index in [1.165, 1.54) is 4.90 Å². The van der Waals surface area contributed by atoms with E-state index in [0.29, 0.717) is 26.1 Å². The lowest BCUT2D eigenvalue weighted by Gasteiger charge is -2.30. The normalized spacial score (nSPS) is 32.2. The van der Waals surface area contributed by atoms with Crippen LogP contribution in [-0.4, -0.2) is 61.0 Å². The molecule has 2 fully saturated rings. The van der Waals surface area contributed by atoms with Gasteiger partial charge < -0.3 is 15.7 Å². The van der Waals surface area contributed by atoms with E-state index in [0.717, 1.165) is 19.3 Å². The Kier molecular flexibility index (Phi) is 5.78. The van der Waals surface area contributed by atoms with Crippen molar-refractivity contribution in [3.63, 3.8) is 0 Å². The molecule has 0 radical (unpaired) electrons. The van der Waals surface area contributed by atoms with Crippen molar-refractivity contribution in [1.29, 1.82) is 0 Å². The molecule has 0 bridgehead atoms. The van der Waals surface area contributed by atoms with Gasteiger partial charge in [0, 0.05) is 24.5 Å². The van der Waals surface area contributed by atoms with Crippen LogP contribution in [0.3, 0.4) is 0 Å². The Hall–Kier alpha value is -1.02. The largest absolute Gasteiger partial charge is 0.401 e. The number of halogens is 3. The minimum atomic E-state index is -4.17. The molecule has 1 aliphatic carbocycles. The maximum atomic E-state index is 12.3. The summed E-state index contributed by atoms with van der Waals surface area (Å²) in [7, 11) is 0. The van der Waals surface area contributed by atoms with E-state index in [9.17, 15) is 23.1 Å². The van der Waals surface area contributed by atoms with E-state index in [2.05, 4.69) is 10.6 Å². The van der Waals surface area contributed by atoms with Crippen molar-refractivity contribution in [1.82, 2.24) is 15.5 Å². The number of alkyl halides is 3. The molecular weight excluding hydrogens is 311 g/mol. The van der Waals surface area contributed by atoms with E-state index in [1.54, 1.807) is 0 Å². The second kappa shape index (κ2) is 7.25. The monoisotopic (exact) mass is 337 g/mol. The first-order chi connectivity index (χ1) is 10.7. The van der Waals surface area contributed by atoms with E-state index in [-0.39, 0.29) is 30.0 Å². The summed E-state index contributed by atoms with van der Waals surface area (Å²) in [6.45, 7) is 2.26. The number of carbonyl (C=O) groups is 1. The number of urea groups is 1. The van der Waals surface area contributed by atoms with Gasteiger partial charge in [-0.05, 0) is 31.7 Å². The lowest BCUT2D eigenvalue weighted by molar-refractivity contribution is -0.143. The minimum Gasteiger partial charge on any atom is -0.396 e. The maximum absolute atomic E-state index is 12.3.